The van der Waals surface area contributed by atoms with Crippen LogP contribution >= 0.6 is 34.8 Å². The number of carbonyl (C=O) groups excluding carboxylic acids is 2. The van der Waals surface area contributed by atoms with Gasteiger partial charge in [0, 0.05) is 110 Å². The van der Waals surface area contributed by atoms with E-state index in [0.29, 0.717) is 123 Å². The highest BCUT2D eigenvalue weighted by atomic mass is 35.5. The average molecular weight is 1570 g/mol. The second-order valence-electron chi connectivity index (χ2n) is 28.3. The number of carboxylic acid groups (broad SMARTS) is 1. The van der Waals surface area contributed by atoms with Gasteiger partial charge in [0.05, 0.1) is 65.4 Å². The van der Waals surface area contributed by atoms with Crippen LogP contribution in [-0.4, -0.2) is 149 Å². The van der Waals surface area contributed by atoms with E-state index in [9.17, 15) is 53.9 Å². The fourth-order valence-electron chi connectivity index (χ4n) is 13.8. The van der Waals surface area contributed by atoms with Crippen molar-refractivity contribution in [1.82, 2.24) is 54.7 Å². The van der Waals surface area contributed by atoms with Crippen LogP contribution in [0.15, 0.2) is 98.9 Å². The van der Waals surface area contributed by atoms with Crippen molar-refractivity contribution in [2.24, 2.45) is 0 Å². The Hall–Kier alpha value is -9.94. The number of ether oxygens (including phenoxy) is 1. The van der Waals surface area contributed by atoms with Crippen molar-refractivity contribution < 1.29 is 63.7 Å². The molecular formula is C76H76Cl3F9N16O5. The predicted octanol–water partition coefficient (Wildman–Crippen LogP) is 17.3. The van der Waals surface area contributed by atoms with E-state index in [1.807, 2.05) is 30.6 Å². The van der Waals surface area contributed by atoms with E-state index in [-0.39, 0.29) is 107 Å². The Bertz CT molecular complexity index is 5010. The van der Waals surface area contributed by atoms with Gasteiger partial charge in [0.2, 0.25) is 5.91 Å². The zero-order chi connectivity index (χ0) is 78.3. The van der Waals surface area contributed by atoms with Gasteiger partial charge in [-0.25, -0.2) is 49.5 Å². The second kappa shape index (κ2) is 31.6. The number of nitrogens with zero attached hydrogens (tertiary/aromatic N) is 14. The summed E-state index contributed by atoms with van der Waals surface area (Å²) in [5.74, 6) is 0.481. The van der Waals surface area contributed by atoms with Gasteiger partial charge >= 0.3 is 30.6 Å². The lowest BCUT2D eigenvalue weighted by Crippen LogP contribution is -2.50. The summed E-state index contributed by atoms with van der Waals surface area (Å²) in [5, 5.41) is 9.96. The van der Waals surface area contributed by atoms with E-state index in [4.69, 9.17) is 56.1 Å². The average Bonchev–Trinajstić information content (AvgIpc) is 1.57. The monoisotopic (exact) mass is 1570 g/mol. The molecule has 3 aliphatic heterocycles. The number of carboxylic acids is 1. The summed E-state index contributed by atoms with van der Waals surface area (Å²) in [6, 6.07) is 13.7. The number of nitrogens with two attached hydrogens (primary N) is 2. The first-order valence-electron chi connectivity index (χ1n) is 35.3. The molecule has 21 nitrogen and oxygen atoms in total. The molecule has 574 valence electrons. The summed E-state index contributed by atoms with van der Waals surface area (Å²) in [4.78, 5) is 81.8. The predicted molar refractivity (Wildman–Crippen MR) is 401 cm³/mol. The third-order valence-corrected chi connectivity index (χ3v) is 20.2. The normalized spacial score (nSPS) is 16.4. The lowest BCUT2D eigenvalue weighted by atomic mass is 9.96. The number of piperazine rings is 2. The van der Waals surface area contributed by atoms with E-state index in [0.717, 1.165) is 56.1 Å². The highest BCUT2D eigenvalue weighted by Gasteiger charge is 2.46. The lowest BCUT2D eigenvalue weighted by molar-refractivity contribution is -0.138. The van der Waals surface area contributed by atoms with Crippen molar-refractivity contribution in [3.05, 3.63) is 153 Å². The van der Waals surface area contributed by atoms with Crippen molar-refractivity contribution in [3.8, 4) is 33.8 Å². The van der Waals surface area contributed by atoms with Crippen molar-refractivity contribution in [1.29, 1.82) is 0 Å². The zero-order valence-electron chi connectivity index (χ0n) is 59.7. The van der Waals surface area contributed by atoms with Gasteiger partial charge in [-0.3, -0.25) is 9.78 Å². The maximum absolute atomic E-state index is 14.3. The number of hydrogen-bond acceptors (Lipinski definition) is 18. The van der Waals surface area contributed by atoms with Crippen LogP contribution in [0.5, 0.6) is 0 Å². The summed E-state index contributed by atoms with van der Waals surface area (Å²) in [5.41, 5.74) is 11.3. The number of anilines is 5. The molecule has 33 heteroatoms. The highest BCUT2D eigenvalue weighted by molar-refractivity contribution is 6.35. The fraction of sp³-hybridized carbons (Fsp3) is 0.395. The van der Waals surface area contributed by atoms with E-state index in [1.54, 1.807) is 47.1 Å². The van der Waals surface area contributed by atoms with E-state index < -0.39 is 46.8 Å². The van der Waals surface area contributed by atoms with Crippen molar-refractivity contribution in [3.63, 3.8) is 0 Å². The molecule has 0 atom stereocenters. The van der Waals surface area contributed by atoms with Crippen LogP contribution in [0.1, 0.15) is 135 Å². The number of hydrogen-bond donors (Lipinski definition) is 3. The minimum absolute atomic E-state index is 0.0152. The second-order valence-corrected chi connectivity index (χ2v) is 29.5. The van der Waals surface area contributed by atoms with Crippen LogP contribution in [0.3, 0.4) is 0 Å². The Morgan fingerprint density at radius 3 is 1.13 bits per heavy atom. The Morgan fingerprint density at radius 1 is 0.477 bits per heavy atom. The number of amides is 2. The van der Waals surface area contributed by atoms with Crippen LogP contribution < -0.4 is 26.2 Å². The summed E-state index contributed by atoms with van der Waals surface area (Å²) in [7, 11) is 0. The number of aromatic nitrogens is 9. The largest absolute Gasteiger partial charge is 0.478 e. The molecular weight excluding hydrogens is 1490 g/mol. The number of carbonyl (C=O) groups is 3. The van der Waals surface area contributed by atoms with Crippen LogP contribution in [0.25, 0.3) is 66.5 Å². The number of fused-ring (bicyclic) bond motifs is 3. The smallest absolute Gasteiger partial charge is 0.418 e. The molecule has 9 heterocycles. The van der Waals surface area contributed by atoms with Crippen molar-refractivity contribution in [2.45, 2.75) is 127 Å². The molecule has 3 aliphatic carbocycles. The summed E-state index contributed by atoms with van der Waals surface area (Å²) < 4.78 is 133. The fourth-order valence-corrected chi connectivity index (χ4v) is 14.5. The number of pyridine rings is 3. The molecule has 15 rings (SSSR count). The SMILES string of the molecule is C=CC(=O)N1CCN(c2ncnc3cc(-c4nc(N)cc(C5CC5)c4C(F)(F)F)c(Cl)cc23)CC1.C=CC(=O)O.Cc1cc(C2CC2)c(C(F)(F)F)c(-c2cc3ncnc(N4CCN(C(=O)OC(C)(C)C)CC4)c3cc2Cl)n1.Nc1cc(C2CC2)c(C(F)(F)F)c(-c2cc3ncnc(N4CCCCC4)c3cc2Cl)n1. The Balaban J connectivity index is 0.000000148. The number of benzene rings is 3. The summed E-state index contributed by atoms with van der Waals surface area (Å²) in [6.45, 7) is 19.4. The first-order valence-corrected chi connectivity index (χ1v) is 36.4. The molecule has 0 bridgehead atoms. The van der Waals surface area contributed by atoms with Crippen LogP contribution in [0.2, 0.25) is 15.1 Å². The van der Waals surface area contributed by atoms with Gasteiger partial charge in [0.25, 0.3) is 0 Å². The molecule has 0 spiro atoms. The minimum atomic E-state index is -4.62. The van der Waals surface area contributed by atoms with E-state index in [2.05, 4.69) is 62.9 Å². The van der Waals surface area contributed by atoms with Gasteiger partial charge in [0.1, 0.15) is 53.7 Å². The number of aryl methyl sites for hydroxylation is 1. The van der Waals surface area contributed by atoms with Gasteiger partial charge < -0.3 is 45.8 Å². The third kappa shape index (κ3) is 18.0. The highest BCUT2D eigenvalue weighted by Crippen LogP contribution is 2.54. The van der Waals surface area contributed by atoms with E-state index in [1.165, 1.54) is 55.7 Å². The Kier molecular flexibility index (Phi) is 22.8. The number of alkyl halides is 9. The van der Waals surface area contributed by atoms with Crippen LogP contribution in [-0.2, 0) is 32.9 Å². The van der Waals surface area contributed by atoms with Crippen LogP contribution in [0, 0.1) is 6.92 Å². The summed E-state index contributed by atoms with van der Waals surface area (Å²) >= 11 is 19.8. The standard InChI is InChI=1S/C27H29ClF3N5O2.C24H22ClF3N6O.C22H21ClF3N5.C3H4O2/c1-15-11-17(16-5-6-16)22(27(29,30)31)23(34-15)18-13-21-19(12-20(18)28)24(33-14-32-21)35-7-9-36(10-8-35)25(37)38-26(2,3)4;1-2-20(35)33-5-7-34(8-6-33)23-16-9-17(25)15(10-18(16)30-12-31-23)22-21(24(26,27)28)14(13-3-4-13)11-19(29)32-22;23-16-8-15-17(28-11-29-21(15)31-6-2-1-3-7-31)9-14(16)20-19(22(24,25)26)13(12-4-5-12)10-18(27)30-20;1-2-3(4)5/h11-14,16H,5-10H2,1-4H3;2,9-13H,1,3-8H2,(H2,29,32);8-12H,1-7H2,(H2,27,30);2H,1H2,(H,4,5). The molecule has 0 unspecified atom stereocenters. The molecule has 9 aromatic rings. The molecule has 2 amide bonds. The van der Waals surface area contributed by atoms with Gasteiger partial charge in [-0.15, -0.1) is 0 Å². The Labute approximate surface area is 635 Å². The number of piperidine rings is 1. The maximum Gasteiger partial charge on any atom is 0.418 e. The van der Waals surface area contributed by atoms with Gasteiger partial charge in [0.15, 0.2) is 0 Å². The van der Waals surface area contributed by atoms with Crippen LogP contribution in [0.4, 0.5) is 73.4 Å². The first kappa shape index (κ1) is 78.6. The number of halogens is 12. The lowest BCUT2D eigenvalue weighted by Gasteiger charge is -2.36. The zero-order valence-corrected chi connectivity index (χ0v) is 62.0. The third-order valence-electron chi connectivity index (χ3n) is 19.2. The molecule has 3 aromatic carbocycles. The quantitative estimate of drug-likeness (QED) is 0.0802. The molecule has 3 saturated carbocycles. The molecule has 6 aromatic heterocycles. The van der Waals surface area contributed by atoms with Gasteiger partial charge in [-0.2, -0.15) is 39.5 Å². The maximum atomic E-state index is 14.3. The molecule has 3 saturated heterocycles. The first-order chi connectivity index (χ1) is 51.6. The molecule has 6 aliphatic rings. The van der Waals surface area contributed by atoms with E-state index >= 15 is 0 Å². The minimum Gasteiger partial charge on any atom is -0.478 e. The van der Waals surface area contributed by atoms with Crippen molar-refractivity contribution in [2.75, 3.05) is 91.6 Å². The molecule has 0 radical (unpaired) electrons. The number of rotatable bonds is 11. The topological polar surface area (TPSA) is 265 Å². The molecule has 5 N–H and O–H groups in total. The number of nitrogen functional groups attached to an aromatic ring is 2. The van der Waals surface area contributed by atoms with Gasteiger partial charge in [-0.05, 0) is 181 Å². The van der Waals surface area contributed by atoms with Gasteiger partial charge in [-0.1, -0.05) is 48.0 Å². The Morgan fingerprint density at radius 2 is 0.807 bits per heavy atom. The van der Waals surface area contributed by atoms with Crippen molar-refractivity contribution >= 4 is 115 Å². The molecule has 6 fully saturated rings. The molecule has 109 heavy (non-hydrogen) atoms. The summed E-state index contributed by atoms with van der Waals surface area (Å²) in [6.07, 6.45) is -0.251. The number of aliphatic carboxylic acids is 1.